The molecule has 0 saturated carbocycles. The first kappa shape index (κ1) is 8.64. The van der Waals surface area contributed by atoms with E-state index in [1.54, 1.807) is 12.3 Å². The van der Waals surface area contributed by atoms with E-state index < -0.39 is 0 Å². The van der Waals surface area contributed by atoms with Crippen molar-refractivity contribution >= 4 is 11.0 Å². The number of aromatic nitrogens is 2. The highest BCUT2D eigenvalue weighted by atomic mass is 14.8. The van der Waals surface area contributed by atoms with Gasteiger partial charge < -0.3 is 0 Å². The maximum absolute atomic E-state index is 8.83. The highest BCUT2D eigenvalue weighted by Gasteiger charge is 2.02. The number of fused-ring (bicyclic) bond motifs is 1. The van der Waals surface area contributed by atoms with Crippen LogP contribution >= 0.6 is 0 Å². The molecule has 0 bridgehead atoms. The van der Waals surface area contributed by atoms with Crippen molar-refractivity contribution < 1.29 is 0 Å². The van der Waals surface area contributed by atoms with E-state index in [1.807, 2.05) is 19.9 Å². The Labute approximate surface area is 82.0 Å². The molecular weight excluding hydrogens is 174 g/mol. The lowest BCUT2D eigenvalue weighted by Crippen LogP contribution is -1.90. The molecular formula is C11H9N3. The van der Waals surface area contributed by atoms with Crippen LogP contribution in [0.2, 0.25) is 0 Å². The Morgan fingerprint density at radius 3 is 2.71 bits per heavy atom. The van der Waals surface area contributed by atoms with Crippen molar-refractivity contribution in [2.45, 2.75) is 13.8 Å². The van der Waals surface area contributed by atoms with Crippen LogP contribution in [-0.4, -0.2) is 9.97 Å². The quantitative estimate of drug-likeness (QED) is 0.628. The normalized spacial score (nSPS) is 10.1. The summed E-state index contributed by atoms with van der Waals surface area (Å²) in [5, 5.41) is 8.83. The topological polar surface area (TPSA) is 49.6 Å². The van der Waals surface area contributed by atoms with Gasteiger partial charge in [0.1, 0.15) is 0 Å². The summed E-state index contributed by atoms with van der Waals surface area (Å²) in [5.41, 5.74) is 4.12. The molecule has 2 aromatic rings. The lowest BCUT2D eigenvalue weighted by molar-refractivity contribution is 1.18. The van der Waals surface area contributed by atoms with E-state index in [1.165, 1.54) is 0 Å². The fraction of sp³-hybridized carbons (Fsp3) is 0.182. The van der Waals surface area contributed by atoms with Gasteiger partial charge in [0, 0.05) is 6.20 Å². The van der Waals surface area contributed by atoms with Gasteiger partial charge in [-0.25, -0.2) is 4.98 Å². The van der Waals surface area contributed by atoms with Crippen molar-refractivity contribution in [3.8, 4) is 6.07 Å². The first-order valence-corrected chi connectivity index (χ1v) is 4.35. The van der Waals surface area contributed by atoms with Crippen molar-refractivity contribution in [3.05, 3.63) is 35.2 Å². The SMILES string of the molecule is Cc1cnc2cc(C#N)c(C)cc2n1. The predicted molar refractivity (Wildman–Crippen MR) is 53.7 cm³/mol. The van der Waals surface area contributed by atoms with Crippen molar-refractivity contribution in [3.63, 3.8) is 0 Å². The zero-order valence-corrected chi connectivity index (χ0v) is 8.07. The Morgan fingerprint density at radius 1 is 1.21 bits per heavy atom. The molecule has 0 spiro atoms. The van der Waals surface area contributed by atoms with E-state index in [-0.39, 0.29) is 0 Å². The fourth-order valence-corrected chi connectivity index (χ4v) is 1.38. The Balaban J connectivity index is 2.81. The van der Waals surface area contributed by atoms with Crippen LogP contribution in [0.1, 0.15) is 16.8 Å². The zero-order chi connectivity index (χ0) is 10.1. The largest absolute Gasteiger partial charge is 0.253 e. The molecule has 0 atom stereocenters. The van der Waals surface area contributed by atoms with Crippen LogP contribution in [-0.2, 0) is 0 Å². The van der Waals surface area contributed by atoms with Crippen LogP contribution in [0.25, 0.3) is 11.0 Å². The standard InChI is InChI=1S/C11H9N3/c1-7-3-11-10(4-9(7)5-12)13-6-8(2)14-11/h3-4,6H,1-2H3. The second-order valence-electron chi connectivity index (χ2n) is 3.28. The fourth-order valence-electron chi connectivity index (χ4n) is 1.38. The van der Waals surface area contributed by atoms with Gasteiger partial charge in [-0.1, -0.05) is 0 Å². The van der Waals surface area contributed by atoms with Gasteiger partial charge >= 0.3 is 0 Å². The first-order chi connectivity index (χ1) is 6.70. The van der Waals surface area contributed by atoms with Crippen molar-refractivity contribution in [1.29, 1.82) is 5.26 Å². The molecule has 1 aromatic carbocycles. The molecule has 0 N–H and O–H groups in total. The minimum absolute atomic E-state index is 0.663. The number of hydrogen-bond acceptors (Lipinski definition) is 3. The van der Waals surface area contributed by atoms with Crippen molar-refractivity contribution in [2.24, 2.45) is 0 Å². The molecule has 3 nitrogen and oxygen atoms in total. The van der Waals surface area contributed by atoms with E-state index in [2.05, 4.69) is 16.0 Å². The molecule has 0 fully saturated rings. The number of nitrogens with zero attached hydrogens (tertiary/aromatic N) is 3. The number of benzene rings is 1. The molecule has 1 aromatic heterocycles. The average Bonchev–Trinajstić information content (AvgIpc) is 2.16. The summed E-state index contributed by atoms with van der Waals surface area (Å²) in [4.78, 5) is 8.56. The van der Waals surface area contributed by atoms with E-state index >= 15 is 0 Å². The van der Waals surface area contributed by atoms with Gasteiger partial charge in [0.15, 0.2) is 0 Å². The second kappa shape index (κ2) is 3.08. The Bertz CT molecular complexity index is 538. The third-order valence-corrected chi connectivity index (χ3v) is 2.13. The summed E-state index contributed by atoms with van der Waals surface area (Å²) >= 11 is 0. The van der Waals surface area contributed by atoms with Crippen molar-refractivity contribution in [2.75, 3.05) is 0 Å². The van der Waals surface area contributed by atoms with Gasteiger partial charge in [0.2, 0.25) is 0 Å². The highest BCUT2D eigenvalue weighted by Crippen LogP contribution is 2.15. The molecule has 3 heteroatoms. The minimum atomic E-state index is 0.663. The summed E-state index contributed by atoms with van der Waals surface area (Å²) < 4.78 is 0. The summed E-state index contributed by atoms with van der Waals surface area (Å²) in [6, 6.07) is 5.81. The van der Waals surface area contributed by atoms with Crippen LogP contribution in [0.15, 0.2) is 18.3 Å². The van der Waals surface area contributed by atoms with Crippen LogP contribution in [0, 0.1) is 25.2 Å². The van der Waals surface area contributed by atoms with Crippen LogP contribution < -0.4 is 0 Å². The third kappa shape index (κ3) is 1.31. The Morgan fingerprint density at radius 2 is 2.00 bits per heavy atom. The van der Waals surface area contributed by atoms with Crippen LogP contribution in [0.3, 0.4) is 0 Å². The van der Waals surface area contributed by atoms with Gasteiger partial charge in [-0.15, -0.1) is 0 Å². The smallest absolute Gasteiger partial charge is 0.0995 e. The second-order valence-corrected chi connectivity index (χ2v) is 3.28. The molecule has 68 valence electrons. The van der Waals surface area contributed by atoms with Crippen LogP contribution in [0.5, 0.6) is 0 Å². The third-order valence-electron chi connectivity index (χ3n) is 2.13. The van der Waals surface area contributed by atoms with Crippen molar-refractivity contribution in [1.82, 2.24) is 9.97 Å². The Hall–Kier alpha value is -1.95. The monoisotopic (exact) mass is 183 g/mol. The van der Waals surface area contributed by atoms with E-state index in [0.717, 1.165) is 22.3 Å². The number of hydrogen-bond donors (Lipinski definition) is 0. The Kier molecular flexibility index (Phi) is 1.90. The summed E-state index contributed by atoms with van der Waals surface area (Å²) in [6.45, 7) is 3.81. The molecule has 0 radical (unpaired) electrons. The molecule has 14 heavy (non-hydrogen) atoms. The maximum atomic E-state index is 8.83. The molecule has 0 aliphatic heterocycles. The lowest BCUT2D eigenvalue weighted by Gasteiger charge is -2.01. The van der Waals surface area contributed by atoms with Crippen LogP contribution in [0.4, 0.5) is 0 Å². The first-order valence-electron chi connectivity index (χ1n) is 4.35. The molecule has 0 aliphatic rings. The molecule has 0 amide bonds. The summed E-state index contributed by atoms with van der Waals surface area (Å²) in [6.07, 6.45) is 1.71. The number of rotatable bonds is 0. The molecule has 0 aliphatic carbocycles. The van der Waals surface area contributed by atoms with Gasteiger partial charge in [-0.3, -0.25) is 4.98 Å². The average molecular weight is 183 g/mol. The van der Waals surface area contributed by atoms with E-state index in [4.69, 9.17) is 5.26 Å². The summed E-state index contributed by atoms with van der Waals surface area (Å²) in [5.74, 6) is 0. The predicted octanol–water partition coefficient (Wildman–Crippen LogP) is 2.12. The zero-order valence-electron chi connectivity index (χ0n) is 8.07. The molecule has 2 rings (SSSR count). The number of nitriles is 1. The molecule has 1 heterocycles. The molecule has 0 unspecified atom stereocenters. The van der Waals surface area contributed by atoms with Gasteiger partial charge in [0.25, 0.3) is 0 Å². The lowest BCUT2D eigenvalue weighted by atomic mass is 10.1. The minimum Gasteiger partial charge on any atom is -0.253 e. The number of aryl methyl sites for hydroxylation is 2. The van der Waals surface area contributed by atoms with E-state index in [0.29, 0.717) is 5.56 Å². The van der Waals surface area contributed by atoms with E-state index in [9.17, 15) is 0 Å². The molecule has 0 saturated heterocycles. The summed E-state index contributed by atoms with van der Waals surface area (Å²) in [7, 11) is 0. The maximum Gasteiger partial charge on any atom is 0.0995 e. The van der Waals surface area contributed by atoms with Gasteiger partial charge in [0.05, 0.1) is 28.4 Å². The highest BCUT2D eigenvalue weighted by molar-refractivity contribution is 5.77. The van der Waals surface area contributed by atoms with Gasteiger partial charge in [-0.05, 0) is 31.5 Å². The van der Waals surface area contributed by atoms with Gasteiger partial charge in [-0.2, -0.15) is 5.26 Å².